The number of likely N-dealkylation sites (tertiary alicyclic amines) is 1. The van der Waals surface area contributed by atoms with E-state index in [1.54, 1.807) is 7.11 Å². The number of amides is 1. The van der Waals surface area contributed by atoms with E-state index in [1.807, 2.05) is 30.0 Å². The van der Waals surface area contributed by atoms with E-state index in [9.17, 15) is 4.79 Å². The Kier molecular flexibility index (Phi) is 4.19. The molecular weight excluding hydrogens is 318 g/mol. The Morgan fingerprint density at radius 1 is 1.28 bits per heavy atom. The molecule has 1 saturated heterocycles. The highest BCUT2D eigenvalue weighted by Crippen LogP contribution is 2.44. The fourth-order valence-electron chi connectivity index (χ4n) is 3.61. The number of rotatable bonds is 4. The molecule has 4 rings (SSSR count). The van der Waals surface area contributed by atoms with Crippen LogP contribution in [-0.4, -0.2) is 41.1 Å². The average Bonchev–Trinajstić information content (AvgIpc) is 3.41. The third kappa shape index (κ3) is 3.25. The fourth-order valence-corrected chi connectivity index (χ4v) is 3.61. The van der Waals surface area contributed by atoms with Crippen molar-refractivity contribution in [1.82, 2.24) is 15.0 Å². The van der Waals surface area contributed by atoms with Gasteiger partial charge in [-0.1, -0.05) is 5.16 Å². The Morgan fingerprint density at radius 2 is 2.12 bits per heavy atom. The van der Waals surface area contributed by atoms with Gasteiger partial charge in [-0.2, -0.15) is 4.98 Å². The number of piperidine rings is 1. The first-order valence-electron chi connectivity index (χ1n) is 8.93. The molecule has 0 unspecified atom stereocenters. The molecule has 2 fully saturated rings. The van der Waals surface area contributed by atoms with Crippen LogP contribution in [0.1, 0.15) is 65.2 Å². The Hall–Kier alpha value is -2.37. The van der Waals surface area contributed by atoms with Gasteiger partial charge in [0.15, 0.2) is 5.82 Å². The zero-order valence-electron chi connectivity index (χ0n) is 14.7. The maximum atomic E-state index is 13.0. The number of nitrogens with zero attached hydrogens (tertiary/aromatic N) is 3. The Morgan fingerprint density at radius 3 is 2.80 bits per heavy atom. The summed E-state index contributed by atoms with van der Waals surface area (Å²) in [6, 6.07) is 5.80. The van der Waals surface area contributed by atoms with Crippen molar-refractivity contribution in [1.29, 1.82) is 0 Å². The van der Waals surface area contributed by atoms with Crippen LogP contribution in [0.5, 0.6) is 5.75 Å². The summed E-state index contributed by atoms with van der Waals surface area (Å²) in [5, 5.41) is 3.87. The zero-order valence-corrected chi connectivity index (χ0v) is 14.7. The van der Waals surface area contributed by atoms with Crippen LogP contribution in [0.2, 0.25) is 0 Å². The van der Waals surface area contributed by atoms with Crippen LogP contribution in [0.15, 0.2) is 22.7 Å². The van der Waals surface area contributed by atoms with Crippen molar-refractivity contribution in [3.8, 4) is 5.75 Å². The molecule has 25 heavy (non-hydrogen) atoms. The second kappa shape index (κ2) is 6.50. The van der Waals surface area contributed by atoms with E-state index in [4.69, 9.17) is 9.26 Å². The van der Waals surface area contributed by atoms with Crippen molar-refractivity contribution in [3.05, 3.63) is 41.0 Å². The number of ether oxygens (including phenoxy) is 1. The minimum Gasteiger partial charge on any atom is -0.496 e. The monoisotopic (exact) mass is 341 g/mol. The van der Waals surface area contributed by atoms with Crippen LogP contribution in [0, 0.1) is 6.92 Å². The predicted octanol–water partition coefficient (Wildman–Crippen LogP) is 3.28. The molecule has 0 N–H and O–H groups in total. The van der Waals surface area contributed by atoms with E-state index in [0.29, 0.717) is 24.2 Å². The first-order chi connectivity index (χ1) is 12.2. The van der Waals surface area contributed by atoms with Gasteiger partial charge in [0, 0.05) is 18.7 Å². The number of hydrogen-bond donors (Lipinski definition) is 0. The van der Waals surface area contributed by atoms with E-state index < -0.39 is 0 Å². The van der Waals surface area contributed by atoms with Gasteiger partial charge in [-0.25, -0.2) is 0 Å². The largest absolute Gasteiger partial charge is 0.496 e. The second-order valence-corrected chi connectivity index (χ2v) is 7.00. The first-order valence-corrected chi connectivity index (χ1v) is 8.93. The van der Waals surface area contributed by atoms with E-state index in [2.05, 4.69) is 10.1 Å². The third-order valence-electron chi connectivity index (χ3n) is 5.09. The molecule has 0 bridgehead atoms. The lowest BCUT2D eigenvalue weighted by Gasteiger charge is -2.31. The van der Waals surface area contributed by atoms with Crippen molar-refractivity contribution in [3.63, 3.8) is 0 Å². The van der Waals surface area contributed by atoms with Gasteiger partial charge >= 0.3 is 0 Å². The van der Waals surface area contributed by atoms with Gasteiger partial charge in [0.25, 0.3) is 5.91 Å². The molecule has 1 aromatic carbocycles. The minimum absolute atomic E-state index is 0.0745. The van der Waals surface area contributed by atoms with Gasteiger partial charge in [0.2, 0.25) is 5.89 Å². The van der Waals surface area contributed by atoms with Crippen LogP contribution < -0.4 is 4.74 Å². The molecule has 0 radical (unpaired) electrons. The van der Waals surface area contributed by atoms with Crippen molar-refractivity contribution in [2.75, 3.05) is 20.2 Å². The highest BCUT2D eigenvalue weighted by atomic mass is 16.5. The molecule has 1 aliphatic heterocycles. The summed E-state index contributed by atoms with van der Waals surface area (Å²) in [6.07, 6.45) is 4.28. The van der Waals surface area contributed by atoms with Crippen LogP contribution in [0.3, 0.4) is 0 Å². The number of benzene rings is 1. The minimum atomic E-state index is 0.0745. The molecule has 2 heterocycles. The van der Waals surface area contributed by atoms with Gasteiger partial charge in [0.1, 0.15) is 5.75 Å². The van der Waals surface area contributed by atoms with Crippen molar-refractivity contribution in [2.45, 2.75) is 44.4 Å². The lowest BCUT2D eigenvalue weighted by molar-refractivity contribution is 0.0695. The number of carbonyl (C=O) groups is 1. The Balaban J connectivity index is 1.53. The smallest absolute Gasteiger partial charge is 0.253 e. The van der Waals surface area contributed by atoms with Crippen LogP contribution >= 0.6 is 0 Å². The molecule has 1 atom stereocenters. The van der Waals surface area contributed by atoms with Gasteiger partial charge < -0.3 is 14.2 Å². The molecule has 6 heteroatoms. The molecule has 1 aliphatic carbocycles. The predicted molar refractivity (Wildman–Crippen MR) is 91.9 cm³/mol. The standard InChI is InChI=1S/C19H23N3O3/c1-12-20-18(25-21-12)15-4-3-9-22(11-15)19(23)14-7-8-17(24-2)16(10-14)13-5-6-13/h7-8,10,13,15H,3-6,9,11H2,1-2H3/t15-/m1/s1. The molecule has 2 aliphatic rings. The normalized spacial score (nSPS) is 20.6. The van der Waals surface area contributed by atoms with E-state index in [0.717, 1.165) is 36.3 Å². The summed E-state index contributed by atoms with van der Waals surface area (Å²) in [5.74, 6) is 2.91. The lowest BCUT2D eigenvalue weighted by atomic mass is 9.96. The van der Waals surface area contributed by atoms with Crippen LogP contribution in [-0.2, 0) is 0 Å². The zero-order chi connectivity index (χ0) is 17.4. The highest BCUT2D eigenvalue weighted by Gasteiger charge is 2.31. The molecule has 1 amide bonds. The van der Waals surface area contributed by atoms with Gasteiger partial charge in [0.05, 0.1) is 13.0 Å². The van der Waals surface area contributed by atoms with Gasteiger partial charge in [-0.3, -0.25) is 4.79 Å². The van der Waals surface area contributed by atoms with Gasteiger partial charge in [-0.15, -0.1) is 0 Å². The Bertz CT molecular complexity index is 782. The quantitative estimate of drug-likeness (QED) is 0.853. The summed E-state index contributed by atoms with van der Waals surface area (Å²) >= 11 is 0. The topological polar surface area (TPSA) is 68.5 Å². The molecule has 132 valence electrons. The Labute approximate surface area is 147 Å². The van der Waals surface area contributed by atoms with E-state index in [-0.39, 0.29) is 11.8 Å². The van der Waals surface area contributed by atoms with E-state index in [1.165, 1.54) is 12.8 Å². The van der Waals surface area contributed by atoms with Crippen LogP contribution in [0.4, 0.5) is 0 Å². The summed E-state index contributed by atoms with van der Waals surface area (Å²) in [6.45, 7) is 3.22. The lowest BCUT2D eigenvalue weighted by Crippen LogP contribution is -2.39. The third-order valence-corrected chi connectivity index (χ3v) is 5.09. The summed E-state index contributed by atoms with van der Waals surface area (Å²) in [5.41, 5.74) is 1.90. The number of methoxy groups -OCH3 is 1. The summed E-state index contributed by atoms with van der Waals surface area (Å²) in [7, 11) is 1.68. The maximum absolute atomic E-state index is 13.0. The van der Waals surface area contributed by atoms with Crippen molar-refractivity contribution >= 4 is 5.91 Å². The SMILES string of the molecule is COc1ccc(C(=O)N2CCC[C@@H](c3nc(C)no3)C2)cc1C1CC1. The van der Waals surface area contributed by atoms with Crippen molar-refractivity contribution < 1.29 is 14.1 Å². The molecule has 0 spiro atoms. The maximum Gasteiger partial charge on any atom is 0.253 e. The molecular formula is C19H23N3O3. The fraction of sp³-hybridized carbons (Fsp3) is 0.526. The first kappa shape index (κ1) is 16.1. The average molecular weight is 341 g/mol. The highest BCUT2D eigenvalue weighted by molar-refractivity contribution is 5.94. The van der Waals surface area contributed by atoms with Crippen molar-refractivity contribution in [2.24, 2.45) is 0 Å². The number of hydrogen-bond acceptors (Lipinski definition) is 5. The summed E-state index contributed by atoms with van der Waals surface area (Å²) in [4.78, 5) is 19.2. The molecule has 1 aromatic heterocycles. The number of carbonyl (C=O) groups excluding carboxylic acids is 1. The van der Waals surface area contributed by atoms with Crippen LogP contribution in [0.25, 0.3) is 0 Å². The van der Waals surface area contributed by atoms with E-state index >= 15 is 0 Å². The second-order valence-electron chi connectivity index (χ2n) is 7.00. The number of aromatic nitrogens is 2. The molecule has 2 aromatic rings. The van der Waals surface area contributed by atoms with Gasteiger partial charge in [-0.05, 0) is 62.3 Å². The molecule has 1 saturated carbocycles. The molecule has 6 nitrogen and oxygen atoms in total. The summed E-state index contributed by atoms with van der Waals surface area (Å²) < 4.78 is 10.8. The number of aryl methyl sites for hydroxylation is 1.